The van der Waals surface area contributed by atoms with Gasteiger partial charge in [-0.2, -0.15) is 19.9 Å². The minimum Gasteiger partial charge on any atom is -0.306 e. The number of aromatic nitrogens is 6. The third-order valence-corrected chi connectivity index (χ3v) is 4.63. The number of aryl methyl sites for hydroxylation is 4. The van der Waals surface area contributed by atoms with E-state index in [1.165, 1.54) is 15.6 Å². The van der Waals surface area contributed by atoms with E-state index in [-0.39, 0.29) is 17.4 Å². The maximum Gasteiger partial charge on any atom is 0.263 e. The summed E-state index contributed by atoms with van der Waals surface area (Å²) in [5.41, 5.74) is 3.46. The molecule has 1 aromatic carbocycles. The topological polar surface area (TPSA) is 110 Å². The van der Waals surface area contributed by atoms with Gasteiger partial charge in [0.05, 0.1) is 11.9 Å². The molecule has 28 heavy (non-hydrogen) atoms. The van der Waals surface area contributed by atoms with Crippen LogP contribution in [0.25, 0.3) is 17.0 Å². The van der Waals surface area contributed by atoms with Gasteiger partial charge in [0.15, 0.2) is 5.65 Å². The number of carbonyl (C=O) groups excluding carboxylic acids is 1. The number of nitrogens with one attached hydrogen (secondary N) is 2. The van der Waals surface area contributed by atoms with Gasteiger partial charge in [-0.05, 0) is 44.0 Å². The number of nitrogens with zero attached hydrogens (tertiary/aromatic N) is 5. The van der Waals surface area contributed by atoms with E-state index < -0.39 is 0 Å². The molecule has 0 saturated carbocycles. The van der Waals surface area contributed by atoms with Crippen molar-refractivity contribution in [1.29, 1.82) is 0 Å². The number of anilines is 1. The summed E-state index contributed by atoms with van der Waals surface area (Å²) in [6.45, 7) is 5.74. The lowest BCUT2D eigenvalue weighted by molar-refractivity contribution is 0.102. The number of fused-ring (bicyclic) bond motifs is 1. The zero-order valence-corrected chi connectivity index (χ0v) is 15.9. The van der Waals surface area contributed by atoms with Gasteiger partial charge < -0.3 is 5.32 Å². The quantitative estimate of drug-likeness (QED) is 0.567. The van der Waals surface area contributed by atoms with E-state index in [2.05, 4.69) is 25.5 Å². The van der Waals surface area contributed by atoms with Crippen molar-refractivity contribution in [1.82, 2.24) is 29.5 Å². The highest BCUT2D eigenvalue weighted by atomic mass is 16.2. The first-order chi connectivity index (χ1) is 13.3. The van der Waals surface area contributed by atoms with Gasteiger partial charge in [0.1, 0.15) is 11.2 Å². The molecule has 0 fully saturated rings. The van der Waals surface area contributed by atoms with Crippen LogP contribution in [0, 0.1) is 20.8 Å². The number of H-pyrrole nitrogens is 1. The second kappa shape index (κ2) is 6.45. The molecule has 0 atom stereocenters. The zero-order chi connectivity index (χ0) is 20.0. The van der Waals surface area contributed by atoms with E-state index in [0.717, 1.165) is 11.1 Å². The van der Waals surface area contributed by atoms with Gasteiger partial charge in [0, 0.05) is 18.7 Å². The van der Waals surface area contributed by atoms with E-state index in [9.17, 15) is 9.59 Å². The third kappa shape index (κ3) is 2.96. The average molecular weight is 377 g/mol. The summed E-state index contributed by atoms with van der Waals surface area (Å²) in [5, 5.41) is 11.6. The van der Waals surface area contributed by atoms with Crippen LogP contribution in [0.15, 0.2) is 35.3 Å². The highest BCUT2D eigenvalue weighted by Gasteiger charge is 2.16. The van der Waals surface area contributed by atoms with Crippen LogP contribution in [-0.2, 0) is 7.05 Å². The molecule has 0 aliphatic heterocycles. The number of hydrogen-bond donors (Lipinski definition) is 2. The third-order valence-electron chi connectivity index (χ3n) is 4.63. The molecule has 1 amide bonds. The number of carbonyl (C=O) groups is 1. The maximum atomic E-state index is 12.7. The SMILES string of the molecule is Cc1cc(NC(=O)c2ccc(C)c(C)c2)n(-c2nc3c(cnn3C)c(=O)[nH]2)n1. The maximum absolute atomic E-state index is 12.7. The predicted molar refractivity (Wildman–Crippen MR) is 105 cm³/mol. The van der Waals surface area contributed by atoms with Crippen molar-refractivity contribution in [3.63, 3.8) is 0 Å². The highest BCUT2D eigenvalue weighted by molar-refractivity contribution is 6.04. The largest absolute Gasteiger partial charge is 0.306 e. The Morgan fingerprint density at radius 2 is 1.93 bits per heavy atom. The van der Waals surface area contributed by atoms with Crippen LogP contribution in [0.5, 0.6) is 0 Å². The molecule has 0 saturated heterocycles. The van der Waals surface area contributed by atoms with Crippen LogP contribution in [0.2, 0.25) is 0 Å². The van der Waals surface area contributed by atoms with E-state index in [0.29, 0.717) is 28.1 Å². The molecule has 2 N–H and O–H groups in total. The Morgan fingerprint density at radius 1 is 1.14 bits per heavy atom. The molecule has 3 heterocycles. The summed E-state index contributed by atoms with van der Waals surface area (Å²) in [7, 11) is 1.70. The van der Waals surface area contributed by atoms with E-state index in [4.69, 9.17) is 0 Å². The number of benzene rings is 1. The molecule has 0 aliphatic rings. The Kier molecular flexibility index (Phi) is 4.07. The van der Waals surface area contributed by atoms with E-state index in [1.807, 2.05) is 26.0 Å². The van der Waals surface area contributed by atoms with Crippen LogP contribution in [0.1, 0.15) is 27.2 Å². The molecular weight excluding hydrogens is 358 g/mol. The summed E-state index contributed by atoms with van der Waals surface area (Å²) in [6.07, 6.45) is 1.46. The number of amides is 1. The fourth-order valence-corrected chi connectivity index (χ4v) is 2.94. The number of rotatable bonds is 3. The molecule has 142 valence electrons. The lowest BCUT2D eigenvalue weighted by Gasteiger charge is -2.09. The van der Waals surface area contributed by atoms with Crippen LogP contribution >= 0.6 is 0 Å². The summed E-state index contributed by atoms with van der Waals surface area (Å²) in [4.78, 5) is 32.2. The predicted octanol–water partition coefficient (Wildman–Crippen LogP) is 2.02. The van der Waals surface area contributed by atoms with Crippen molar-refractivity contribution in [3.05, 3.63) is 63.2 Å². The van der Waals surface area contributed by atoms with Crippen LogP contribution in [0.4, 0.5) is 5.82 Å². The smallest absolute Gasteiger partial charge is 0.263 e. The Hall–Kier alpha value is -3.75. The Bertz CT molecular complexity index is 1280. The van der Waals surface area contributed by atoms with Crippen molar-refractivity contribution in [2.45, 2.75) is 20.8 Å². The molecule has 4 aromatic rings. The lowest BCUT2D eigenvalue weighted by atomic mass is 10.1. The van der Waals surface area contributed by atoms with E-state index >= 15 is 0 Å². The molecule has 0 radical (unpaired) electrons. The first-order valence-corrected chi connectivity index (χ1v) is 8.71. The first kappa shape index (κ1) is 17.7. The molecule has 4 rings (SSSR count). The monoisotopic (exact) mass is 377 g/mol. The zero-order valence-electron chi connectivity index (χ0n) is 15.9. The molecule has 0 unspecified atom stereocenters. The van der Waals surface area contributed by atoms with Gasteiger partial charge in [0.25, 0.3) is 11.5 Å². The van der Waals surface area contributed by atoms with Gasteiger partial charge >= 0.3 is 0 Å². The van der Waals surface area contributed by atoms with Crippen molar-refractivity contribution in [2.24, 2.45) is 7.05 Å². The van der Waals surface area contributed by atoms with Gasteiger partial charge in [-0.1, -0.05) is 6.07 Å². The van der Waals surface area contributed by atoms with Crippen molar-refractivity contribution in [2.75, 3.05) is 5.32 Å². The van der Waals surface area contributed by atoms with Crippen LogP contribution in [-0.4, -0.2) is 35.4 Å². The fourth-order valence-electron chi connectivity index (χ4n) is 2.94. The summed E-state index contributed by atoms with van der Waals surface area (Å²) in [6, 6.07) is 7.22. The fraction of sp³-hybridized carbons (Fsp3) is 0.211. The van der Waals surface area contributed by atoms with Crippen LogP contribution in [0.3, 0.4) is 0 Å². The van der Waals surface area contributed by atoms with Gasteiger partial charge in [-0.25, -0.2) is 0 Å². The number of aromatic amines is 1. The van der Waals surface area contributed by atoms with Crippen molar-refractivity contribution in [3.8, 4) is 5.95 Å². The van der Waals surface area contributed by atoms with Gasteiger partial charge in [0.2, 0.25) is 5.95 Å². The lowest BCUT2D eigenvalue weighted by Crippen LogP contribution is -2.19. The Morgan fingerprint density at radius 3 is 2.68 bits per heavy atom. The Labute approximate surface area is 160 Å². The van der Waals surface area contributed by atoms with Gasteiger partial charge in [-0.3, -0.25) is 19.3 Å². The minimum atomic E-state index is -0.326. The van der Waals surface area contributed by atoms with Crippen molar-refractivity contribution < 1.29 is 4.79 Å². The second-order valence-electron chi connectivity index (χ2n) is 6.73. The second-order valence-corrected chi connectivity index (χ2v) is 6.73. The standard InChI is InChI=1S/C19H19N7O2/c1-10-5-6-13(7-11(10)2)17(27)21-15-8-12(3)24-26(15)19-22-16-14(18(28)23-19)9-20-25(16)4/h5-9H,1-4H3,(H,21,27)(H,22,23,28). The molecule has 0 aliphatic carbocycles. The number of hydrogen-bond acceptors (Lipinski definition) is 5. The minimum absolute atomic E-state index is 0.199. The molecular formula is C19H19N7O2. The van der Waals surface area contributed by atoms with Crippen LogP contribution < -0.4 is 10.9 Å². The van der Waals surface area contributed by atoms with Crippen molar-refractivity contribution >= 4 is 22.8 Å². The normalized spacial score (nSPS) is 11.1. The molecule has 3 aromatic heterocycles. The summed E-state index contributed by atoms with van der Waals surface area (Å²) in [5.74, 6) is 0.336. The highest BCUT2D eigenvalue weighted by Crippen LogP contribution is 2.17. The summed E-state index contributed by atoms with van der Waals surface area (Å²) >= 11 is 0. The summed E-state index contributed by atoms with van der Waals surface area (Å²) < 4.78 is 2.92. The Balaban J connectivity index is 1.75. The average Bonchev–Trinajstić information content (AvgIpc) is 3.20. The van der Waals surface area contributed by atoms with Gasteiger partial charge in [-0.15, -0.1) is 0 Å². The molecule has 9 nitrogen and oxygen atoms in total. The first-order valence-electron chi connectivity index (χ1n) is 8.71. The molecule has 9 heteroatoms. The molecule has 0 bridgehead atoms. The molecule has 0 spiro atoms. The van der Waals surface area contributed by atoms with E-state index in [1.54, 1.807) is 26.1 Å².